The molecule has 0 saturated carbocycles. The van der Waals surface area contributed by atoms with Crippen LogP contribution in [0.4, 0.5) is 11.5 Å². The molecular weight excluding hydrogens is 364 g/mol. The van der Waals surface area contributed by atoms with Crippen LogP contribution >= 0.6 is 0 Å². The third kappa shape index (κ3) is 4.44. The van der Waals surface area contributed by atoms with Crippen LogP contribution in [0.5, 0.6) is 11.5 Å². The molecule has 0 aliphatic rings. The summed E-state index contributed by atoms with van der Waals surface area (Å²) in [4.78, 5) is 22.5. The molecule has 0 atom stereocenters. The molecule has 144 valence electrons. The van der Waals surface area contributed by atoms with Crippen LogP contribution in [0, 0.1) is 17.0 Å². The molecule has 28 heavy (non-hydrogen) atoms. The second kappa shape index (κ2) is 8.21. The van der Waals surface area contributed by atoms with E-state index >= 15 is 0 Å². The molecule has 1 aromatic heterocycles. The number of aromatic nitrogens is 2. The standard InChI is InChI=1S/C19H18N4O5/c1-12-6-7-16(17(8-12)27-2)28-11-19(24)20-18-10-15(21-22-18)13-4-3-5-14(9-13)23(25)26/h3-10H,11H2,1-2H3,(H2,20,21,22,24). The molecule has 1 amide bonds. The Kier molecular flexibility index (Phi) is 5.54. The number of nitro groups is 1. The Labute approximate surface area is 160 Å². The number of ether oxygens (including phenoxy) is 2. The first-order valence-corrected chi connectivity index (χ1v) is 8.34. The molecule has 0 aliphatic carbocycles. The minimum absolute atomic E-state index is 0.0295. The molecule has 9 nitrogen and oxygen atoms in total. The van der Waals surface area contributed by atoms with Crippen LogP contribution in [0.2, 0.25) is 0 Å². The summed E-state index contributed by atoms with van der Waals surface area (Å²) in [5.74, 6) is 0.883. The average molecular weight is 382 g/mol. The number of methoxy groups -OCH3 is 1. The Morgan fingerprint density at radius 1 is 1.21 bits per heavy atom. The minimum Gasteiger partial charge on any atom is -0.493 e. The van der Waals surface area contributed by atoms with Gasteiger partial charge in [0.1, 0.15) is 0 Å². The molecule has 3 aromatic rings. The summed E-state index contributed by atoms with van der Waals surface area (Å²) in [7, 11) is 1.53. The van der Waals surface area contributed by atoms with Gasteiger partial charge in [0, 0.05) is 23.8 Å². The van der Waals surface area contributed by atoms with Gasteiger partial charge in [0.05, 0.1) is 17.7 Å². The number of amides is 1. The number of nitro benzene ring substituents is 1. The van der Waals surface area contributed by atoms with Gasteiger partial charge in [0.2, 0.25) is 0 Å². The number of anilines is 1. The zero-order valence-corrected chi connectivity index (χ0v) is 15.3. The Balaban J connectivity index is 1.63. The summed E-state index contributed by atoms with van der Waals surface area (Å²) in [6.07, 6.45) is 0. The normalized spacial score (nSPS) is 10.4. The maximum atomic E-state index is 12.1. The Hall–Kier alpha value is -3.88. The van der Waals surface area contributed by atoms with Crippen molar-refractivity contribution in [2.45, 2.75) is 6.92 Å². The largest absolute Gasteiger partial charge is 0.493 e. The lowest BCUT2D eigenvalue weighted by Crippen LogP contribution is -2.20. The van der Waals surface area contributed by atoms with E-state index in [9.17, 15) is 14.9 Å². The molecule has 1 heterocycles. The molecule has 0 radical (unpaired) electrons. The van der Waals surface area contributed by atoms with E-state index in [0.29, 0.717) is 22.8 Å². The fraction of sp³-hybridized carbons (Fsp3) is 0.158. The van der Waals surface area contributed by atoms with Crippen molar-refractivity contribution in [1.29, 1.82) is 0 Å². The van der Waals surface area contributed by atoms with Crippen LogP contribution < -0.4 is 14.8 Å². The number of carbonyl (C=O) groups excluding carboxylic acids is 1. The van der Waals surface area contributed by atoms with E-state index in [-0.39, 0.29) is 18.1 Å². The number of aryl methyl sites for hydroxylation is 1. The third-order valence-corrected chi connectivity index (χ3v) is 3.89. The summed E-state index contributed by atoms with van der Waals surface area (Å²) in [6, 6.07) is 13.1. The van der Waals surface area contributed by atoms with Crippen molar-refractivity contribution in [3.8, 4) is 22.8 Å². The lowest BCUT2D eigenvalue weighted by Gasteiger charge is -2.10. The van der Waals surface area contributed by atoms with Crippen molar-refractivity contribution in [3.63, 3.8) is 0 Å². The zero-order chi connectivity index (χ0) is 20.1. The molecule has 0 unspecified atom stereocenters. The monoisotopic (exact) mass is 382 g/mol. The summed E-state index contributed by atoms with van der Waals surface area (Å²) in [6.45, 7) is 1.70. The summed E-state index contributed by atoms with van der Waals surface area (Å²) < 4.78 is 10.7. The maximum Gasteiger partial charge on any atom is 0.270 e. The lowest BCUT2D eigenvalue weighted by molar-refractivity contribution is -0.384. The number of benzene rings is 2. The van der Waals surface area contributed by atoms with Crippen LogP contribution in [-0.4, -0.2) is 34.7 Å². The molecule has 0 spiro atoms. The van der Waals surface area contributed by atoms with E-state index in [1.165, 1.54) is 19.2 Å². The van der Waals surface area contributed by atoms with E-state index in [2.05, 4.69) is 15.5 Å². The van der Waals surface area contributed by atoms with E-state index < -0.39 is 10.8 Å². The van der Waals surface area contributed by atoms with Crippen LogP contribution in [0.15, 0.2) is 48.5 Å². The highest BCUT2D eigenvalue weighted by molar-refractivity contribution is 5.91. The number of nitrogens with zero attached hydrogens (tertiary/aromatic N) is 2. The zero-order valence-electron chi connectivity index (χ0n) is 15.3. The number of H-pyrrole nitrogens is 1. The van der Waals surface area contributed by atoms with Crippen LogP contribution in [0.3, 0.4) is 0 Å². The van der Waals surface area contributed by atoms with Gasteiger partial charge in [-0.2, -0.15) is 5.10 Å². The van der Waals surface area contributed by atoms with Gasteiger partial charge in [0.15, 0.2) is 23.9 Å². The Morgan fingerprint density at radius 2 is 2.04 bits per heavy atom. The smallest absolute Gasteiger partial charge is 0.270 e. The number of aromatic amines is 1. The van der Waals surface area contributed by atoms with Crippen molar-refractivity contribution in [2.24, 2.45) is 0 Å². The third-order valence-electron chi connectivity index (χ3n) is 3.89. The highest BCUT2D eigenvalue weighted by atomic mass is 16.6. The number of nitrogens with one attached hydrogen (secondary N) is 2. The molecular formula is C19H18N4O5. The van der Waals surface area contributed by atoms with Crippen molar-refractivity contribution in [1.82, 2.24) is 10.2 Å². The van der Waals surface area contributed by atoms with Gasteiger partial charge in [-0.1, -0.05) is 18.2 Å². The van der Waals surface area contributed by atoms with Crippen molar-refractivity contribution in [3.05, 3.63) is 64.2 Å². The highest BCUT2D eigenvalue weighted by Gasteiger charge is 2.12. The van der Waals surface area contributed by atoms with E-state index in [1.807, 2.05) is 19.1 Å². The van der Waals surface area contributed by atoms with Gasteiger partial charge in [-0.25, -0.2) is 0 Å². The minimum atomic E-state index is -0.473. The molecule has 3 rings (SSSR count). The van der Waals surface area contributed by atoms with Crippen molar-refractivity contribution >= 4 is 17.4 Å². The van der Waals surface area contributed by atoms with Gasteiger partial charge in [-0.15, -0.1) is 0 Å². The first-order valence-electron chi connectivity index (χ1n) is 8.34. The number of hydrogen-bond acceptors (Lipinski definition) is 6. The average Bonchev–Trinajstić information content (AvgIpc) is 3.15. The molecule has 0 bridgehead atoms. The summed E-state index contributed by atoms with van der Waals surface area (Å²) in [5.41, 5.74) is 2.11. The second-order valence-corrected chi connectivity index (χ2v) is 5.97. The lowest BCUT2D eigenvalue weighted by atomic mass is 10.1. The fourth-order valence-corrected chi connectivity index (χ4v) is 2.54. The van der Waals surface area contributed by atoms with Crippen molar-refractivity contribution < 1.29 is 19.2 Å². The first-order chi connectivity index (χ1) is 13.5. The Morgan fingerprint density at radius 3 is 2.79 bits per heavy atom. The van der Waals surface area contributed by atoms with Gasteiger partial charge in [-0.05, 0) is 24.6 Å². The molecule has 9 heteroatoms. The second-order valence-electron chi connectivity index (χ2n) is 5.97. The fourth-order valence-electron chi connectivity index (χ4n) is 2.54. The highest BCUT2D eigenvalue weighted by Crippen LogP contribution is 2.28. The quantitative estimate of drug-likeness (QED) is 0.478. The summed E-state index contributed by atoms with van der Waals surface area (Å²) >= 11 is 0. The van der Waals surface area contributed by atoms with Crippen molar-refractivity contribution in [2.75, 3.05) is 19.0 Å². The molecule has 0 fully saturated rings. The number of non-ortho nitro benzene ring substituents is 1. The molecule has 0 saturated heterocycles. The van der Waals surface area contributed by atoms with Gasteiger partial charge in [0.25, 0.3) is 11.6 Å². The van der Waals surface area contributed by atoms with Crippen LogP contribution in [-0.2, 0) is 4.79 Å². The number of carbonyl (C=O) groups is 1. The van der Waals surface area contributed by atoms with Crippen LogP contribution in [0.25, 0.3) is 11.3 Å². The maximum absolute atomic E-state index is 12.1. The van der Waals surface area contributed by atoms with E-state index in [1.54, 1.807) is 24.3 Å². The summed E-state index contributed by atoms with van der Waals surface area (Å²) in [5, 5.41) is 20.2. The predicted octanol–water partition coefficient (Wildman–Crippen LogP) is 3.32. The van der Waals surface area contributed by atoms with E-state index in [4.69, 9.17) is 9.47 Å². The SMILES string of the molecule is COc1cc(C)ccc1OCC(=O)Nc1cc(-c2cccc([N+](=O)[O-])c2)[nH]n1. The van der Waals surface area contributed by atoms with Crippen LogP contribution in [0.1, 0.15) is 5.56 Å². The van der Waals surface area contributed by atoms with Gasteiger partial charge in [-0.3, -0.25) is 20.0 Å². The van der Waals surface area contributed by atoms with Gasteiger partial charge < -0.3 is 14.8 Å². The van der Waals surface area contributed by atoms with Gasteiger partial charge >= 0.3 is 0 Å². The predicted molar refractivity (Wildman–Crippen MR) is 103 cm³/mol. The molecule has 0 aliphatic heterocycles. The number of rotatable bonds is 7. The number of hydrogen-bond donors (Lipinski definition) is 2. The molecule has 2 N–H and O–H groups in total. The Bertz CT molecular complexity index is 1020. The molecule has 2 aromatic carbocycles. The first kappa shape index (κ1) is 18.9. The van der Waals surface area contributed by atoms with E-state index in [0.717, 1.165) is 5.56 Å². The topological polar surface area (TPSA) is 119 Å².